The lowest BCUT2D eigenvalue weighted by molar-refractivity contribution is 0.504. The molecule has 0 aliphatic carbocycles. The summed E-state index contributed by atoms with van der Waals surface area (Å²) in [5, 5.41) is 8.74. The molecule has 0 radical (unpaired) electrons. The lowest BCUT2D eigenvalue weighted by Gasteiger charge is -2.23. The van der Waals surface area contributed by atoms with Crippen LogP contribution in [0.3, 0.4) is 0 Å². The molecule has 0 fully saturated rings. The SMILES string of the molecule is N#Cc1ccc(N2CCc3ccccc3CC2)c(F)c1F. The predicted octanol–water partition coefficient (Wildman–Crippen LogP) is 3.44. The van der Waals surface area contributed by atoms with Crippen LogP contribution < -0.4 is 4.90 Å². The summed E-state index contributed by atoms with van der Waals surface area (Å²) < 4.78 is 27.9. The van der Waals surface area contributed by atoms with Crippen LogP contribution in [0.1, 0.15) is 16.7 Å². The fourth-order valence-electron chi connectivity index (χ4n) is 2.78. The molecular formula is C17H14F2N2. The molecule has 2 aromatic rings. The van der Waals surface area contributed by atoms with E-state index in [1.165, 1.54) is 23.3 Å². The normalized spacial score (nSPS) is 14.2. The minimum Gasteiger partial charge on any atom is -0.368 e. The highest BCUT2D eigenvalue weighted by Gasteiger charge is 2.20. The maximum Gasteiger partial charge on any atom is 0.183 e. The van der Waals surface area contributed by atoms with E-state index in [-0.39, 0.29) is 11.3 Å². The van der Waals surface area contributed by atoms with Crippen molar-refractivity contribution < 1.29 is 8.78 Å². The molecule has 1 aliphatic rings. The molecule has 0 spiro atoms. The van der Waals surface area contributed by atoms with Gasteiger partial charge in [0.05, 0.1) is 11.3 Å². The summed E-state index contributed by atoms with van der Waals surface area (Å²) in [6.07, 6.45) is 1.61. The number of nitriles is 1. The van der Waals surface area contributed by atoms with Crippen LogP contribution in [0.4, 0.5) is 14.5 Å². The molecule has 0 bridgehead atoms. The summed E-state index contributed by atoms with van der Waals surface area (Å²) in [5.41, 5.74) is 2.50. The number of benzene rings is 2. The molecule has 0 N–H and O–H groups in total. The van der Waals surface area contributed by atoms with Crippen molar-refractivity contribution in [2.24, 2.45) is 0 Å². The monoisotopic (exact) mass is 284 g/mol. The molecule has 2 aromatic carbocycles. The largest absolute Gasteiger partial charge is 0.368 e. The second-order valence-electron chi connectivity index (χ2n) is 5.13. The molecule has 0 saturated carbocycles. The van der Waals surface area contributed by atoms with Gasteiger partial charge in [-0.3, -0.25) is 0 Å². The summed E-state index contributed by atoms with van der Waals surface area (Å²) >= 11 is 0. The molecule has 1 heterocycles. The average Bonchev–Trinajstić information content (AvgIpc) is 2.73. The molecule has 0 saturated heterocycles. The van der Waals surface area contributed by atoms with Crippen LogP contribution in [0.5, 0.6) is 0 Å². The highest BCUT2D eigenvalue weighted by molar-refractivity contribution is 5.53. The van der Waals surface area contributed by atoms with Crippen LogP contribution in [-0.2, 0) is 12.8 Å². The van der Waals surface area contributed by atoms with Crippen molar-refractivity contribution in [3.05, 3.63) is 64.7 Å². The number of anilines is 1. The average molecular weight is 284 g/mol. The van der Waals surface area contributed by atoms with E-state index >= 15 is 0 Å². The zero-order valence-corrected chi connectivity index (χ0v) is 11.4. The van der Waals surface area contributed by atoms with Gasteiger partial charge in [0.15, 0.2) is 11.6 Å². The van der Waals surface area contributed by atoms with Gasteiger partial charge in [-0.25, -0.2) is 8.78 Å². The van der Waals surface area contributed by atoms with Crippen molar-refractivity contribution in [3.63, 3.8) is 0 Å². The first-order valence-electron chi connectivity index (χ1n) is 6.90. The fourth-order valence-corrected chi connectivity index (χ4v) is 2.78. The van der Waals surface area contributed by atoms with Crippen LogP contribution in [0, 0.1) is 23.0 Å². The van der Waals surface area contributed by atoms with Crippen LogP contribution in [0.2, 0.25) is 0 Å². The molecule has 0 unspecified atom stereocenters. The van der Waals surface area contributed by atoms with Gasteiger partial charge in [-0.15, -0.1) is 0 Å². The minimum absolute atomic E-state index is 0.235. The smallest absolute Gasteiger partial charge is 0.183 e. The van der Waals surface area contributed by atoms with Gasteiger partial charge in [0.2, 0.25) is 0 Å². The van der Waals surface area contributed by atoms with Gasteiger partial charge in [0, 0.05) is 13.1 Å². The maximum atomic E-state index is 14.1. The van der Waals surface area contributed by atoms with Gasteiger partial charge in [-0.2, -0.15) is 5.26 Å². The van der Waals surface area contributed by atoms with Crippen molar-refractivity contribution >= 4 is 5.69 Å². The highest BCUT2D eigenvalue weighted by atomic mass is 19.2. The number of hydrogen-bond acceptors (Lipinski definition) is 2. The molecule has 2 nitrogen and oxygen atoms in total. The molecule has 0 aromatic heterocycles. The van der Waals surface area contributed by atoms with Crippen LogP contribution >= 0.6 is 0 Å². The number of nitrogens with zero attached hydrogens (tertiary/aromatic N) is 2. The Kier molecular flexibility index (Phi) is 3.57. The quantitative estimate of drug-likeness (QED) is 0.802. The molecule has 3 rings (SSSR count). The second kappa shape index (κ2) is 5.53. The summed E-state index contributed by atoms with van der Waals surface area (Å²) in [5.74, 6) is -1.99. The van der Waals surface area contributed by atoms with Crippen molar-refractivity contribution in [1.82, 2.24) is 0 Å². The van der Waals surface area contributed by atoms with Crippen molar-refractivity contribution in [2.45, 2.75) is 12.8 Å². The molecular weight excluding hydrogens is 270 g/mol. The molecule has 0 amide bonds. The molecule has 4 heteroatoms. The molecule has 106 valence electrons. The number of hydrogen-bond donors (Lipinski definition) is 0. The first-order chi connectivity index (χ1) is 10.2. The molecule has 1 aliphatic heterocycles. The first kappa shape index (κ1) is 13.6. The van der Waals surface area contributed by atoms with Crippen molar-refractivity contribution in [2.75, 3.05) is 18.0 Å². The number of fused-ring (bicyclic) bond motifs is 1. The summed E-state index contributed by atoms with van der Waals surface area (Å²) in [7, 11) is 0. The van der Waals surface area contributed by atoms with E-state index in [0.29, 0.717) is 13.1 Å². The Morgan fingerprint density at radius 3 is 2.10 bits per heavy atom. The summed E-state index contributed by atoms with van der Waals surface area (Å²) in [6, 6.07) is 12.6. The van der Waals surface area contributed by atoms with E-state index in [1.54, 1.807) is 6.07 Å². The Morgan fingerprint density at radius 2 is 1.52 bits per heavy atom. The van der Waals surface area contributed by atoms with E-state index in [4.69, 9.17) is 5.26 Å². The van der Waals surface area contributed by atoms with E-state index in [9.17, 15) is 8.78 Å². The summed E-state index contributed by atoms with van der Waals surface area (Å²) in [4.78, 5) is 1.85. The fraction of sp³-hybridized carbons (Fsp3) is 0.235. The summed E-state index contributed by atoms with van der Waals surface area (Å²) in [6.45, 7) is 1.28. The second-order valence-corrected chi connectivity index (χ2v) is 5.13. The topological polar surface area (TPSA) is 27.0 Å². The van der Waals surface area contributed by atoms with Gasteiger partial charge in [0.25, 0.3) is 0 Å². The lowest BCUT2D eigenvalue weighted by atomic mass is 10.0. The zero-order chi connectivity index (χ0) is 14.8. The van der Waals surface area contributed by atoms with Gasteiger partial charge in [-0.1, -0.05) is 24.3 Å². The minimum atomic E-state index is -1.06. The van der Waals surface area contributed by atoms with Crippen molar-refractivity contribution in [3.8, 4) is 6.07 Å². The third kappa shape index (κ3) is 2.47. The number of halogens is 2. The van der Waals surface area contributed by atoms with Crippen molar-refractivity contribution in [1.29, 1.82) is 5.26 Å². The Balaban J connectivity index is 1.90. The van der Waals surface area contributed by atoms with Crippen LogP contribution in [-0.4, -0.2) is 13.1 Å². The number of rotatable bonds is 1. The van der Waals surface area contributed by atoms with Gasteiger partial charge in [-0.05, 0) is 36.1 Å². The maximum absolute atomic E-state index is 14.1. The van der Waals surface area contributed by atoms with Crippen LogP contribution in [0.15, 0.2) is 36.4 Å². The van der Waals surface area contributed by atoms with E-state index in [2.05, 4.69) is 12.1 Å². The van der Waals surface area contributed by atoms with E-state index < -0.39 is 11.6 Å². The Hall–Kier alpha value is -2.41. The van der Waals surface area contributed by atoms with Gasteiger partial charge < -0.3 is 4.90 Å². The molecule has 21 heavy (non-hydrogen) atoms. The van der Waals surface area contributed by atoms with Gasteiger partial charge >= 0.3 is 0 Å². The van der Waals surface area contributed by atoms with E-state index in [0.717, 1.165) is 12.8 Å². The lowest BCUT2D eigenvalue weighted by Crippen LogP contribution is -2.27. The Labute approximate surface area is 122 Å². The standard InChI is InChI=1S/C17H14F2N2/c18-16-14(11-20)5-6-15(17(16)19)21-9-7-12-3-1-2-4-13(12)8-10-21/h1-6H,7-10H2. The zero-order valence-electron chi connectivity index (χ0n) is 11.4. The molecule has 0 atom stereocenters. The third-order valence-electron chi connectivity index (χ3n) is 3.94. The van der Waals surface area contributed by atoms with E-state index in [1.807, 2.05) is 17.0 Å². The Bertz CT molecular complexity index is 692. The Morgan fingerprint density at radius 1 is 0.905 bits per heavy atom. The first-order valence-corrected chi connectivity index (χ1v) is 6.90. The van der Waals surface area contributed by atoms with Gasteiger partial charge in [0.1, 0.15) is 6.07 Å². The highest BCUT2D eigenvalue weighted by Crippen LogP contribution is 2.26. The van der Waals surface area contributed by atoms with Crippen LogP contribution in [0.25, 0.3) is 0 Å². The predicted molar refractivity (Wildman–Crippen MR) is 77.1 cm³/mol. The third-order valence-corrected chi connectivity index (χ3v) is 3.94.